The minimum atomic E-state index is -0.878. The molecule has 0 aliphatic carbocycles. The van der Waals surface area contributed by atoms with E-state index in [1.807, 2.05) is 21.1 Å². The van der Waals surface area contributed by atoms with Crippen molar-refractivity contribution in [3.05, 3.63) is 36.5 Å². The molecule has 8 nitrogen and oxygen atoms in total. The number of ether oxygens (including phenoxy) is 3. The quantitative estimate of drug-likeness (QED) is 0.0285. The smallest absolute Gasteiger partial charge is 0.362 e. The molecule has 0 rings (SSSR count). The Labute approximate surface area is 344 Å². The maximum Gasteiger partial charge on any atom is 0.362 e. The summed E-state index contributed by atoms with van der Waals surface area (Å²) in [5.41, 5.74) is 0. The maximum absolute atomic E-state index is 12.7. The molecule has 0 fully saturated rings. The summed E-state index contributed by atoms with van der Waals surface area (Å²) in [6, 6.07) is -0.617. The zero-order chi connectivity index (χ0) is 41.4. The number of allylic oxidation sites excluding steroid dienone is 6. The first-order valence-electron chi connectivity index (χ1n) is 23.0. The van der Waals surface area contributed by atoms with E-state index in [9.17, 15) is 19.5 Å². The standard InChI is InChI=1S/C48H87NO7/c1-6-8-10-12-14-16-18-20-22-23-24-25-27-28-30-32-34-36-38-46(50)55-43-44(42-54-41-40-45(48(52)53)49(3,4)5)56-47(51)39-37-35-33-31-29-26-21-19-17-15-13-11-9-7-2/h13,15,19,21-23,44-45H,6-12,14,16-18,20,24-43H2,1-5H3/p+1/b15-13-,21-19-,23-22-. The SMILES string of the molecule is CCCC/C=C\C/C=C\CCCCCCCC(=O)OC(COCCC(C(=O)O)[N+](C)(C)C)COC(=O)CCCCCCCCC/C=C\CCCCCCCCC. The van der Waals surface area contributed by atoms with E-state index in [4.69, 9.17) is 14.2 Å². The van der Waals surface area contributed by atoms with Gasteiger partial charge in [-0.1, -0.05) is 153 Å². The normalized spacial score (nSPS) is 13.2. The van der Waals surface area contributed by atoms with Gasteiger partial charge in [-0.15, -0.1) is 0 Å². The number of carbonyl (C=O) groups is 3. The third kappa shape index (κ3) is 37.1. The molecule has 0 bridgehead atoms. The Morgan fingerprint density at radius 2 is 0.964 bits per heavy atom. The van der Waals surface area contributed by atoms with Crippen molar-refractivity contribution in [2.45, 2.75) is 212 Å². The highest BCUT2D eigenvalue weighted by atomic mass is 16.6. The highest BCUT2D eigenvalue weighted by Gasteiger charge is 2.31. The number of esters is 2. The number of carbonyl (C=O) groups excluding carboxylic acids is 2. The van der Waals surface area contributed by atoms with Crippen LogP contribution in [0.25, 0.3) is 0 Å². The molecule has 2 unspecified atom stereocenters. The van der Waals surface area contributed by atoms with Gasteiger partial charge in [0.25, 0.3) is 0 Å². The highest BCUT2D eigenvalue weighted by molar-refractivity contribution is 5.72. The number of rotatable bonds is 41. The lowest BCUT2D eigenvalue weighted by Crippen LogP contribution is -2.50. The van der Waals surface area contributed by atoms with Crippen molar-refractivity contribution in [2.75, 3.05) is 41.0 Å². The number of likely N-dealkylation sites (N-methyl/N-ethyl adjacent to an activating group) is 1. The van der Waals surface area contributed by atoms with E-state index >= 15 is 0 Å². The van der Waals surface area contributed by atoms with Crippen LogP contribution in [-0.2, 0) is 28.6 Å². The summed E-state index contributed by atoms with van der Waals surface area (Å²) < 4.78 is 17.3. The summed E-state index contributed by atoms with van der Waals surface area (Å²) >= 11 is 0. The second-order valence-electron chi connectivity index (χ2n) is 16.7. The zero-order valence-electron chi connectivity index (χ0n) is 37.1. The van der Waals surface area contributed by atoms with E-state index in [1.165, 1.54) is 103 Å². The zero-order valence-corrected chi connectivity index (χ0v) is 37.1. The van der Waals surface area contributed by atoms with E-state index in [1.54, 1.807) is 0 Å². The number of unbranched alkanes of at least 4 members (excludes halogenated alkanes) is 21. The van der Waals surface area contributed by atoms with E-state index in [0.29, 0.717) is 19.3 Å². The molecule has 0 amide bonds. The molecule has 0 aromatic carbocycles. The first-order valence-corrected chi connectivity index (χ1v) is 23.0. The molecular weight excluding hydrogens is 703 g/mol. The topological polar surface area (TPSA) is 99.1 Å². The van der Waals surface area contributed by atoms with Gasteiger partial charge < -0.3 is 23.8 Å². The molecule has 0 saturated carbocycles. The van der Waals surface area contributed by atoms with Gasteiger partial charge in [0.05, 0.1) is 34.4 Å². The van der Waals surface area contributed by atoms with Gasteiger partial charge in [-0.25, -0.2) is 4.79 Å². The molecule has 8 heteroatoms. The average molecular weight is 791 g/mol. The summed E-state index contributed by atoms with van der Waals surface area (Å²) in [5.74, 6) is -1.49. The van der Waals surface area contributed by atoms with Crippen LogP contribution in [0.1, 0.15) is 200 Å². The van der Waals surface area contributed by atoms with Crippen molar-refractivity contribution in [3.8, 4) is 0 Å². The van der Waals surface area contributed by atoms with Gasteiger partial charge in [0.2, 0.25) is 0 Å². The van der Waals surface area contributed by atoms with Crippen LogP contribution in [0.5, 0.6) is 0 Å². The number of quaternary nitrogens is 1. The number of carboxylic acid groups (broad SMARTS) is 1. The molecule has 0 aromatic heterocycles. The molecular formula is C48H88NO7+. The van der Waals surface area contributed by atoms with Crippen molar-refractivity contribution in [3.63, 3.8) is 0 Å². The molecule has 0 saturated heterocycles. The molecule has 56 heavy (non-hydrogen) atoms. The average Bonchev–Trinajstić information content (AvgIpc) is 3.15. The van der Waals surface area contributed by atoms with Gasteiger partial charge in [-0.05, 0) is 64.2 Å². The number of nitrogens with zero attached hydrogens (tertiary/aromatic N) is 1. The van der Waals surface area contributed by atoms with Gasteiger partial charge in [0.15, 0.2) is 12.1 Å². The number of carboxylic acids is 1. The largest absolute Gasteiger partial charge is 0.477 e. The molecule has 0 aliphatic rings. The lowest BCUT2D eigenvalue weighted by atomic mass is 10.1. The van der Waals surface area contributed by atoms with Gasteiger partial charge >= 0.3 is 17.9 Å². The Kier molecular flexibility index (Phi) is 37.7. The summed E-state index contributed by atoms with van der Waals surface area (Å²) in [4.78, 5) is 37.0. The predicted octanol–water partition coefficient (Wildman–Crippen LogP) is 12.6. The van der Waals surface area contributed by atoms with E-state index < -0.39 is 18.1 Å². The van der Waals surface area contributed by atoms with Crippen LogP contribution in [0.3, 0.4) is 0 Å². The van der Waals surface area contributed by atoms with E-state index in [-0.39, 0.29) is 36.2 Å². The molecule has 0 radical (unpaired) electrons. The van der Waals surface area contributed by atoms with Gasteiger partial charge in [0, 0.05) is 19.3 Å². The van der Waals surface area contributed by atoms with Crippen LogP contribution in [0.2, 0.25) is 0 Å². The monoisotopic (exact) mass is 791 g/mol. The fraction of sp³-hybridized carbons (Fsp3) is 0.812. The van der Waals surface area contributed by atoms with Crippen LogP contribution in [0.15, 0.2) is 36.5 Å². The van der Waals surface area contributed by atoms with Crippen molar-refractivity contribution in [1.82, 2.24) is 0 Å². The molecule has 0 aliphatic heterocycles. The van der Waals surface area contributed by atoms with Crippen molar-refractivity contribution in [1.29, 1.82) is 0 Å². The Morgan fingerprint density at radius 3 is 1.45 bits per heavy atom. The molecule has 0 heterocycles. The summed E-state index contributed by atoms with van der Waals surface area (Å²) in [5, 5.41) is 9.62. The number of hydrogen-bond acceptors (Lipinski definition) is 6. The molecule has 1 N–H and O–H groups in total. The van der Waals surface area contributed by atoms with Crippen LogP contribution in [0.4, 0.5) is 0 Å². The number of hydrogen-bond donors (Lipinski definition) is 1. The molecule has 0 aromatic rings. The second kappa shape index (κ2) is 39.4. The summed E-state index contributed by atoms with van der Waals surface area (Å²) in [6.07, 6.45) is 44.7. The summed E-state index contributed by atoms with van der Waals surface area (Å²) in [6.45, 7) is 4.68. The summed E-state index contributed by atoms with van der Waals surface area (Å²) in [7, 11) is 5.52. The third-order valence-corrected chi connectivity index (χ3v) is 10.3. The fourth-order valence-electron chi connectivity index (χ4n) is 6.63. The number of aliphatic carboxylic acids is 1. The van der Waals surface area contributed by atoms with Gasteiger partial charge in [0.1, 0.15) is 6.61 Å². The highest BCUT2D eigenvalue weighted by Crippen LogP contribution is 2.14. The fourth-order valence-corrected chi connectivity index (χ4v) is 6.63. The molecule has 0 spiro atoms. The van der Waals surface area contributed by atoms with Gasteiger partial charge in [-0.2, -0.15) is 0 Å². The van der Waals surface area contributed by atoms with Crippen LogP contribution >= 0.6 is 0 Å². The van der Waals surface area contributed by atoms with Crippen LogP contribution < -0.4 is 0 Å². The minimum Gasteiger partial charge on any atom is -0.477 e. The van der Waals surface area contributed by atoms with Crippen LogP contribution in [0, 0.1) is 0 Å². The Balaban J connectivity index is 4.32. The Morgan fingerprint density at radius 1 is 0.536 bits per heavy atom. The molecule has 326 valence electrons. The second-order valence-corrected chi connectivity index (χ2v) is 16.7. The minimum absolute atomic E-state index is 0.0551. The van der Waals surface area contributed by atoms with Crippen molar-refractivity contribution >= 4 is 17.9 Å². The van der Waals surface area contributed by atoms with Crippen LogP contribution in [-0.4, -0.2) is 80.6 Å². The van der Waals surface area contributed by atoms with Gasteiger partial charge in [-0.3, -0.25) is 9.59 Å². The first kappa shape index (κ1) is 53.6. The first-order chi connectivity index (χ1) is 27.1. The molecule has 2 atom stereocenters. The van der Waals surface area contributed by atoms with Crippen molar-refractivity contribution in [2.24, 2.45) is 0 Å². The van der Waals surface area contributed by atoms with Crippen molar-refractivity contribution < 1.29 is 38.2 Å². The van der Waals surface area contributed by atoms with E-state index in [0.717, 1.165) is 64.2 Å². The lowest BCUT2D eigenvalue weighted by Gasteiger charge is -2.31. The van der Waals surface area contributed by atoms with E-state index in [2.05, 4.69) is 50.3 Å². The Bertz CT molecular complexity index is 1020. The third-order valence-electron chi connectivity index (χ3n) is 10.3. The Hall–Kier alpha value is -2.45. The lowest BCUT2D eigenvalue weighted by molar-refractivity contribution is -0.887. The predicted molar refractivity (Wildman–Crippen MR) is 234 cm³/mol. The maximum atomic E-state index is 12.7.